The summed E-state index contributed by atoms with van der Waals surface area (Å²) in [6.07, 6.45) is -16.0. The van der Waals surface area contributed by atoms with Crippen LogP contribution >= 0.6 is 0 Å². The summed E-state index contributed by atoms with van der Waals surface area (Å²) in [7, 11) is 0. The Labute approximate surface area is 125 Å². The van der Waals surface area contributed by atoms with Gasteiger partial charge in [0.2, 0.25) is 0 Å². The van der Waals surface area contributed by atoms with Crippen molar-refractivity contribution in [2.24, 2.45) is 0 Å². The van der Waals surface area contributed by atoms with Gasteiger partial charge in [0, 0.05) is 0 Å². The highest BCUT2D eigenvalue weighted by Crippen LogP contribution is 2.23. The SMILES string of the molecule is C[C@H]1OC(C(=O)[C@@H](O)[C@@H](O)[C@H](O)[C@@H](O)CO)[C@@H](O)[C@@H](O)[C@@H]1O. The first kappa shape index (κ1) is 19.4. The average molecular weight is 326 g/mol. The molecular formula is C12H22O10. The molecule has 1 heterocycles. The first-order valence-electron chi connectivity index (χ1n) is 6.70. The lowest BCUT2D eigenvalue weighted by Gasteiger charge is -2.39. The van der Waals surface area contributed by atoms with Crippen molar-refractivity contribution in [1.29, 1.82) is 0 Å². The maximum Gasteiger partial charge on any atom is 0.195 e. The highest BCUT2D eigenvalue weighted by Gasteiger charge is 2.48. The Morgan fingerprint density at radius 1 is 1.00 bits per heavy atom. The van der Waals surface area contributed by atoms with E-state index in [2.05, 4.69) is 0 Å². The molecule has 0 amide bonds. The van der Waals surface area contributed by atoms with Crippen molar-refractivity contribution in [3.8, 4) is 0 Å². The molecule has 9 atom stereocenters. The summed E-state index contributed by atoms with van der Waals surface area (Å²) in [5.74, 6) is -1.25. The monoisotopic (exact) mass is 326 g/mol. The Balaban J connectivity index is 2.81. The molecular weight excluding hydrogens is 304 g/mol. The quantitative estimate of drug-likeness (QED) is 0.234. The molecule has 8 N–H and O–H groups in total. The van der Waals surface area contributed by atoms with Crippen molar-refractivity contribution < 1.29 is 50.4 Å². The standard InChI is InChI=1S/C12H22O10/c1-3-5(15)7(17)10(20)12(22-3)11(21)9(19)8(18)6(16)4(14)2-13/h3-10,12-20H,2H2,1H3/t3-,4+,5-,6-,7+,8+,9+,10+,12?/m1/s1. The molecule has 0 aromatic rings. The van der Waals surface area contributed by atoms with Crippen LogP contribution in [0.25, 0.3) is 0 Å². The van der Waals surface area contributed by atoms with Gasteiger partial charge in [-0.15, -0.1) is 0 Å². The fourth-order valence-electron chi connectivity index (χ4n) is 2.15. The summed E-state index contributed by atoms with van der Waals surface area (Å²) in [6.45, 7) is 0.414. The van der Waals surface area contributed by atoms with Crippen molar-refractivity contribution in [1.82, 2.24) is 0 Å². The molecule has 1 rings (SSSR count). The van der Waals surface area contributed by atoms with Crippen LogP contribution in [0.5, 0.6) is 0 Å². The van der Waals surface area contributed by atoms with Crippen molar-refractivity contribution >= 4 is 5.78 Å². The van der Waals surface area contributed by atoms with Crippen molar-refractivity contribution in [2.75, 3.05) is 6.61 Å². The molecule has 0 saturated carbocycles. The molecule has 1 saturated heterocycles. The van der Waals surface area contributed by atoms with Crippen LogP contribution in [0.4, 0.5) is 0 Å². The number of hydrogen-bond donors (Lipinski definition) is 8. The number of rotatable bonds is 6. The minimum atomic E-state index is -2.24. The van der Waals surface area contributed by atoms with Crippen molar-refractivity contribution in [3.05, 3.63) is 0 Å². The lowest BCUT2D eigenvalue weighted by atomic mass is 9.89. The van der Waals surface area contributed by atoms with Crippen molar-refractivity contribution in [3.63, 3.8) is 0 Å². The van der Waals surface area contributed by atoms with E-state index in [1.165, 1.54) is 6.92 Å². The molecule has 0 aliphatic carbocycles. The number of ketones is 1. The van der Waals surface area contributed by atoms with Gasteiger partial charge >= 0.3 is 0 Å². The van der Waals surface area contributed by atoms with Crippen LogP contribution in [0, 0.1) is 0 Å². The fraction of sp³-hybridized carbons (Fsp3) is 0.917. The molecule has 1 aliphatic heterocycles. The van der Waals surface area contributed by atoms with Crippen LogP contribution in [0.2, 0.25) is 0 Å². The second-order valence-electron chi connectivity index (χ2n) is 5.31. The second-order valence-corrected chi connectivity index (χ2v) is 5.31. The molecule has 0 spiro atoms. The summed E-state index contributed by atoms with van der Waals surface area (Å²) in [5, 5.41) is 75.4. The molecule has 0 radical (unpaired) electrons. The summed E-state index contributed by atoms with van der Waals surface area (Å²) in [4.78, 5) is 12.0. The lowest BCUT2D eigenvalue weighted by Crippen LogP contribution is -2.62. The van der Waals surface area contributed by atoms with Crippen LogP contribution in [0.15, 0.2) is 0 Å². The van der Waals surface area contributed by atoms with Crippen LogP contribution in [-0.2, 0) is 9.53 Å². The van der Waals surface area contributed by atoms with Gasteiger partial charge in [-0.2, -0.15) is 0 Å². The van der Waals surface area contributed by atoms with Crippen LogP contribution < -0.4 is 0 Å². The number of aliphatic hydroxyl groups excluding tert-OH is 8. The number of Topliss-reactive ketones (excluding diaryl/α,β-unsaturated/α-hetero) is 1. The van der Waals surface area contributed by atoms with Gasteiger partial charge in [0.25, 0.3) is 0 Å². The Bertz CT molecular complexity index is 377. The maximum absolute atomic E-state index is 12.0. The first-order chi connectivity index (χ1) is 10.1. The van der Waals surface area contributed by atoms with Gasteiger partial charge in [0.05, 0.1) is 12.7 Å². The largest absolute Gasteiger partial charge is 0.394 e. The summed E-state index contributed by atoms with van der Waals surface area (Å²) in [6, 6.07) is 0. The topological polar surface area (TPSA) is 188 Å². The minimum absolute atomic E-state index is 0.913. The van der Waals surface area contributed by atoms with Gasteiger partial charge in [-0.05, 0) is 6.92 Å². The van der Waals surface area contributed by atoms with Gasteiger partial charge in [0.15, 0.2) is 5.78 Å². The molecule has 0 aromatic heterocycles. The Hall–Kier alpha value is -0.690. The highest BCUT2D eigenvalue weighted by atomic mass is 16.5. The summed E-state index contributed by atoms with van der Waals surface area (Å²) < 4.78 is 5.01. The van der Waals surface area contributed by atoms with Crippen molar-refractivity contribution in [2.45, 2.75) is 61.9 Å². The Kier molecular flexibility index (Phi) is 6.80. The van der Waals surface area contributed by atoms with E-state index in [4.69, 9.17) is 9.84 Å². The zero-order valence-electron chi connectivity index (χ0n) is 11.8. The zero-order valence-corrected chi connectivity index (χ0v) is 11.8. The molecule has 10 nitrogen and oxygen atoms in total. The summed E-state index contributed by atoms with van der Waals surface area (Å²) in [5.41, 5.74) is 0. The molecule has 22 heavy (non-hydrogen) atoms. The first-order valence-corrected chi connectivity index (χ1v) is 6.70. The molecule has 0 aromatic carbocycles. The molecule has 1 aliphatic rings. The number of hydrogen-bond acceptors (Lipinski definition) is 10. The lowest BCUT2D eigenvalue weighted by molar-refractivity contribution is -0.221. The van der Waals surface area contributed by atoms with Crippen LogP contribution in [-0.4, -0.2) is 108 Å². The molecule has 0 bridgehead atoms. The third-order valence-electron chi connectivity index (χ3n) is 3.68. The molecule has 1 unspecified atom stereocenters. The highest BCUT2D eigenvalue weighted by molar-refractivity contribution is 5.88. The predicted molar refractivity (Wildman–Crippen MR) is 68.5 cm³/mol. The average Bonchev–Trinajstić information content (AvgIpc) is 2.52. The number of ether oxygens (including phenoxy) is 1. The maximum atomic E-state index is 12.0. The minimum Gasteiger partial charge on any atom is -0.394 e. The van der Waals surface area contributed by atoms with Gasteiger partial charge in [-0.25, -0.2) is 0 Å². The van der Waals surface area contributed by atoms with E-state index >= 15 is 0 Å². The van der Waals surface area contributed by atoms with E-state index < -0.39 is 67.3 Å². The van der Waals surface area contributed by atoms with Crippen LogP contribution in [0.3, 0.4) is 0 Å². The van der Waals surface area contributed by atoms with E-state index in [0.29, 0.717) is 0 Å². The van der Waals surface area contributed by atoms with Gasteiger partial charge < -0.3 is 45.6 Å². The van der Waals surface area contributed by atoms with E-state index in [0.717, 1.165) is 0 Å². The number of aliphatic hydroxyl groups is 8. The fourth-order valence-corrected chi connectivity index (χ4v) is 2.15. The third-order valence-corrected chi connectivity index (χ3v) is 3.68. The van der Waals surface area contributed by atoms with Gasteiger partial charge in [0.1, 0.15) is 48.8 Å². The van der Waals surface area contributed by atoms with E-state index in [9.17, 15) is 40.5 Å². The normalized spacial score (nSPS) is 38.1. The molecule has 10 heteroatoms. The number of carbonyl (C=O) groups excluding carboxylic acids is 1. The Morgan fingerprint density at radius 3 is 2.05 bits per heavy atom. The van der Waals surface area contributed by atoms with Crippen LogP contribution in [0.1, 0.15) is 6.92 Å². The Morgan fingerprint density at radius 2 is 1.55 bits per heavy atom. The second kappa shape index (κ2) is 7.73. The zero-order chi connectivity index (χ0) is 17.2. The molecule has 130 valence electrons. The van der Waals surface area contributed by atoms with Gasteiger partial charge in [-0.3, -0.25) is 4.79 Å². The smallest absolute Gasteiger partial charge is 0.195 e. The predicted octanol–water partition coefficient (Wildman–Crippen LogP) is -5.14. The number of carbonyl (C=O) groups is 1. The van der Waals surface area contributed by atoms with E-state index in [-0.39, 0.29) is 0 Å². The molecule has 1 fully saturated rings. The van der Waals surface area contributed by atoms with E-state index in [1.807, 2.05) is 0 Å². The van der Waals surface area contributed by atoms with Gasteiger partial charge in [-0.1, -0.05) is 0 Å². The third kappa shape index (κ3) is 3.79. The summed E-state index contributed by atoms with van der Waals surface area (Å²) >= 11 is 0. The van der Waals surface area contributed by atoms with E-state index in [1.54, 1.807) is 0 Å².